The SMILES string of the molecule is Nc1ccc(Cl)cc1N1CCCC2(C1)OCCO2. The molecule has 2 fully saturated rings. The summed E-state index contributed by atoms with van der Waals surface area (Å²) in [6.07, 6.45) is 1.98. The average Bonchev–Trinajstić information content (AvgIpc) is 2.80. The summed E-state index contributed by atoms with van der Waals surface area (Å²) in [4.78, 5) is 2.20. The number of anilines is 2. The molecule has 2 saturated heterocycles. The van der Waals surface area contributed by atoms with Gasteiger partial charge in [0, 0.05) is 18.0 Å². The summed E-state index contributed by atoms with van der Waals surface area (Å²) in [5, 5.41) is 0.701. The maximum Gasteiger partial charge on any atom is 0.186 e. The van der Waals surface area contributed by atoms with E-state index in [4.69, 9.17) is 26.8 Å². The summed E-state index contributed by atoms with van der Waals surface area (Å²) in [5.41, 5.74) is 7.74. The molecular weight excluding hydrogens is 252 g/mol. The lowest BCUT2D eigenvalue weighted by molar-refractivity contribution is -0.161. The quantitative estimate of drug-likeness (QED) is 0.794. The molecule has 2 aliphatic rings. The molecule has 18 heavy (non-hydrogen) atoms. The molecule has 2 heterocycles. The average molecular weight is 269 g/mol. The van der Waals surface area contributed by atoms with E-state index in [0.29, 0.717) is 18.2 Å². The van der Waals surface area contributed by atoms with Crippen LogP contribution in [0.3, 0.4) is 0 Å². The van der Waals surface area contributed by atoms with Crippen molar-refractivity contribution in [1.29, 1.82) is 0 Å². The number of piperidine rings is 1. The van der Waals surface area contributed by atoms with Crippen LogP contribution in [0, 0.1) is 0 Å². The van der Waals surface area contributed by atoms with E-state index in [1.54, 1.807) is 0 Å². The van der Waals surface area contributed by atoms with Crippen molar-refractivity contribution in [3.8, 4) is 0 Å². The molecule has 98 valence electrons. The molecule has 0 unspecified atom stereocenters. The van der Waals surface area contributed by atoms with Crippen molar-refractivity contribution >= 4 is 23.0 Å². The molecule has 0 bridgehead atoms. The number of halogens is 1. The Morgan fingerprint density at radius 1 is 1.28 bits per heavy atom. The highest BCUT2D eigenvalue weighted by Gasteiger charge is 2.41. The zero-order valence-corrected chi connectivity index (χ0v) is 10.9. The first-order valence-electron chi connectivity index (χ1n) is 6.26. The van der Waals surface area contributed by atoms with E-state index in [1.807, 2.05) is 18.2 Å². The summed E-state index contributed by atoms with van der Waals surface area (Å²) in [6.45, 7) is 3.04. The predicted molar refractivity (Wildman–Crippen MR) is 71.9 cm³/mol. The molecule has 0 saturated carbocycles. The fraction of sp³-hybridized carbons (Fsp3) is 0.538. The number of rotatable bonds is 1. The Morgan fingerprint density at radius 3 is 2.83 bits per heavy atom. The topological polar surface area (TPSA) is 47.7 Å². The van der Waals surface area contributed by atoms with E-state index in [1.165, 1.54) is 0 Å². The minimum absolute atomic E-state index is 0.437. The summed E-state index contributed by atoms with van der Waals surface area (Å²) in [5.74, 6) is -0.437. The van der Waals surface area contributed by atoms with Gasteiger partial charge in [-0.15, -0.1) is 0 Å². The molecule has 4 nitrogen and oxygen atoms in total. The van der Waals surface area contributed by atoms with Gasteiger partial charge in [-0.3, -0.25) is 0 Å². The largest absolute Gasteiger partial charge is 0.397 e. The van der Waals surface area contributed by atoms with E-state index in [9.17, 15) is 0 Å². The van der Waals surface area contributed by atoms with E-state index in [0.717, 1.165) is 37.3 Å². The molecule has 1 aromatic rings. The Labute approximate surface area is 112 Å². The number of benzene rings is 1. The Kier molecular flexibility index (Phi) is 3.09. The van der Waals surface area contributed by atoms with Gasteiger partial charge in [0.05, 0.1) is 31.1 Å². The van der Waals surface area contributed by atoms with Crippen LogP contribution in [0.4, 0.5) is 11.4 Å². The van der Waals surface area contributed by atoms with Crippen molar-refractivity contribution < 1.29 is 9.47 Å². The first kappa shape index (κ1) is 12.1. The third-order valence-electron chi connectivity index (χ3n) is 3.56. The third kappa shape index (κ3) is 2.16. The van der Waals surface area contributed by atoms with Gasteiger partial charge in [0.2, 0.25) is 0 Å². The number of hydrogen-bond acceptors (Lipinski definition) is 4. The highest BCUT2D eigenvalue weighted by atomic mass is 35.5. The van der Waals surface area contributed by atoms with E-state index in [-0.39, 0.29) is 0 Å². The fourth-order valence-electron chi connectivity index (χ4n) is 2.72. The predicted octanol–water partition coefficient (Wildman–Crippen LogP) is 2.27. The van der Waals surface area contributed by atoms with Crippen LogP contribution in [0.25, 0.3) is 0 Å². The van der Waals surface area contributed by atoms with Crippen LogP contribution in [-0.4, -0.2) is 32.1 Å². The first-order valence-corrected chi connectivity index (χ1v) is 6.64. The lowest BCUT2D eigenvalue weighted by Crippen LogP contribution is -2.49. The van der Waals surface area contributed by atoms with Crippen LogP contribution in [0.5, 0.6) is 0 Å². The second-order valence-electron chi connectivity index (χ2n) is 4.84. The number of hydrogen-bond donors (Lipinski definition) is 1. The van der Waals surface area contributed by atoms with Gasteiger partial charge in [0.1, 0.15) is 0 Å². The van der Waals surface area contributed by atoms with Crippen LogP contribution in [0.2, 0.25) is 5.02 Å². The Bertz CT molecular complexity index is 447. The van der Waals surface area contributed by atoms with Crippen LogP contribution in [-0.2, 0) is 9.47 Å². The van der Waals surface area contributed by atoms with Crippen molar-refractivity contribution in [2.24, 2.45) is 0 Å². The summed E-state index contributed by atoms with van der Waals surface area (Å²) in [6, 6.07) is 5.56. The van der Waals surface area contributed by atoms with Gasteiger partial charge in [-0.05, 0) is 24.6 Å². The molecular formula is C13H17ClN2O2. The van der Waals surface area contributed by atoms with Gasteiger partial charge < -0.3 is 20.1 Å². The van der Waals surface area contributed by atoms with Gasteiger partial charge in [-0.25, -0.2) is 0 Å². The molecule has 0 aliphatic carbocycles. The number of nitrogen functional groups attached to an aromatic ring is 1. The molecule has 2 aliphatic heterocycles. The second-order valence-corrected chi connectivity index (χ2v) is 5.27. The summed E-state index contributed by atoms with van der Waals surface area (Å²) in [7, 11) is 0. The van der Waals surface area contributed by atoms with E-state index < -0.39 is 5.79 Å². The Hall–Kier alpha value is -0.970. The number of nitrogens with zero attached hydrogens (tertiary/aromatic N) is 1. The monoisotopic (exact) mass is 268 g/mol. The van der Waals surface area contributed by atoms with Crippen molar-refractivity contribution in [1.82, 2.24) is 0 Å². The minimum Gasteiger partial charge on any atom is -0.397 e. The van der Waals surface area contributed by atoms with Gasteiger partial charge in [0.15, 0.2) is 5.79 Å². The molecule has 3 rings (SSSR count). The first-order chi connectivity index (χ1) is 8.69. The van der Waals surface area contributed by atoms with Gasteiger partial charge >= 0.3 is 0 Å². The second kappa shape index (κ2) is 4.61. The third-order valence-corrected chi connectivity index (χ3v) is 3.80. The normalized spacial score (nSPS) is 22.6. The lowest BCUT2D eigenvalue weighted by Gasteiger charge is -2.40. The molecule has 0 amide bonds. The Balaban J connectivity index is 1.85. The van der Waals surface area contributed by atoms with Gasteiger partial charge in [0.25, 0.3) is 0 Å². The van der Waals surface area contributed by atoms with Gasteiger partial charge in [-0.1, -0.05) is 11.6 Å². The smallest absolute Gasteiger partial charge is 0.186 e. The highest BCUT2D eigenvalue weighted by Crippen LogP contribution is 2.35. The minimum atomic E-state index is -0.437. The van der Waals surface area contributed by atoms with Crippen LogP contribution in [0.1, 0.15) is 12.8 Å². The lowest BCUT2D eigenvalue weighted by atomic mass is 10.0. The van der Waals surface area contributed by atoms with Crippen molar-refractivity contribution in [2.75, 3.05) is 36.9 Å². The molecule has 0 aromatic heterocycles. The molecule has 0 radical (unpaired) electrons. The molecule has 1 aromatic carbocycles. The standard InChI is InChI=1S/C13H17ClN2O2/c14-10-2-3-11(15)12(8-10)16-5-1-4-13(9-16)17-6-7-18-13/h2-3,8H,1,4-7,9,15H2. The van der Waals surface area contributed by atoms with Crippen molar-refractivity contribution in [3.63, 3.8) is 0 Å². The number of nitrogens with two attached hydrogens (primary N) is 1. The number of ether oxygens (including phenoxy) is 2. The highest BCUT2D eigenvalue weighted by molar-refractivity contribution is 6.31. The summed E-state index contributed by atoms with van der Waals surface area (Å²) < 4.78 is 11.5. The maximum atomic E-state index is 6.04. The zero-order valence-electron chi connectivity index (χ0n) is 10.2. The van der Waals surface area contributed by atoms with E-state index >= 15 is 0 Å². The van der Waals surface area contributed by atoms with Crippen LogP contribution >= 0.6 is 11.6 Å². The molecule has 0 atom stereocenters. The van der Waals surface area contributed by atoms with Crippen molar-refractivity contribution in [3.05, 3.63) is 23.2 Å². The molecule has 5 heteroatoms. The van der Waals surface area contributed by atoms with Gasteiger partial charge in [-0.2, -0.15) is 0 Å². The van der Waals surface area contributed by atoms with Crippen LogP contribution < -0.4 is 10.6 Å². The molecule has 1 spiro atoms. The zero-order chi connectivity index (χ0) is 12.6. The van der Waals surface area contributed by atoms with E-state index in [2.05, 4.69) is 4.90 Å². The fourth-order valence-corrected chi connectivity index (χ4v) is 2.88. The Morgan fingerprint density at radius 2 is 2.06 bits per heavy atom. The molecule has 2 N–H and O–H groups in total. The van der Waals surface area contributed by atoms with Crippen molar-refractivity contribution in [2.45, 2.75) is 18.6 Å². The summed E-state index contributed by atoms with van der Waals surface area (Å²) >= 11 is 6.04. The maximum absolute atomic E-state index is 6.04. The van der Waals surface area contributed by atoms with Crippen LogP contribution in [0.15, 0.2) is 18.2 Å².